The second-order valence-corrected chi connectivity index (χ2v) is 3.36. The molecule has 0 radical (unpaired) electrons. The van der Waals surface area contributed by atoms with E-state index in [1.165, 1.54) is 11.3 Å². The monoisotopic (exact) mass is 158 g/mol. The zero-order valence-corrected chi connectivity index (χ0v) is 6.60. The molecule has 48 valence electrons. The van der Waals surface area contributed by atoms with Gasteiger partial charge in [0, 0.05) is 0 Å². The average Bonchev–Trinajstić information content (AvgIpc) is 2.14. The predicted molar refractivity (Wildman–Crippen MR) is 42.0 cm³/mol. The first kappa shape index (κ1) is 6.64. The number of nitrogens with zero attached hydrogens (tertiary/aromatic N) is 1. The molecule has 0 saturated carbocycles. The van der Waals surface area contributed by atoms with E-state index in [0.29, 0.717) is 3.95 Å². The van der Waals surface area contributed by atoms with Gasteiger partial charge in [0.15, 0.2) is 3.95 Å². The summed E-state index contributed by atoms with van der Waals surface area (Å²) in [5.41, 5.74) is 0.951. The summed E-state index contributed by atoms with van der Waals surface area (Å²) in [6.45, 7) is 5.62. The largest absolute Gasteiger partial charge is 0.258 e. The van der Waals surface area contributed by atoms with Gasteiger partial charge in [0.05, 0.1) is 0 Å². The first-order chi connectivity index (χ1) is 4.20. The van der Waals surface area contributed by atoms with Crippen LogP contribution in [0.15, 0.2) is 6.58 Å². The summed E-state index contributed by atoms with van der Waals surface area (Å²) < 4.78 is 0.702. The van der Waals surface area contributed by atoms with Crippen molar-refractivity contribution in [3.05, 3.63) is 15.5 Å². The predicted octanol–water partition coefficient (Wildman–Crippen LogP) is 2.23. The molecule has 4 heteroatoms. The van der Waals surface area contributed by atoms with Crippen molar-refractivity contribution in [2.24, 2.45) is 0 Å². The van der Waals surface area contributed by atoms with Crippen molar-refractivity contribution in [2.75, 3.05) is 0 Å². The molecule has 1 aromatic rings. The maximum Gasteiger partial charge on any atom is 0.176 e. The SMILES string of the molecule is C=C(C)c1n[nH]c(=S)s1. The van der Waals surface area contributed by atoms with Crippen LogP contribution in [0.3, 0.4) is 0 Å². The summed E-state index contributed by atoms with van der Waals surface area (Å²) in [5, 5.41) is 7.47. The zero-order valence-electron chi connectivity index (χ0n) is 4.97. The normalized spacial score (nSPS) is 9.44. The Labute approximate surface area is 62.2 Å². The van der Waals surface area contributed by atoms with Crippen LogP contribution in [0, 0.1) is 3.95 Å². The van der Waals surface area contributed by atoms with Gasteiger partial charge < -0.3 is 0 Å². The van der Waals surface area contributed by atoms with Crippen molar-refractivity contribution in [3.63, 3.8) is 0 Å². The van der Waals surface area contributed by atoms with E-state index >= 15 is 0 Å². The number of aromatic amines is 1. The van der Waals surface area contributed by atoms with E-state index in [1.807, 2.05) is 6.92 Å². The van der Waals surface area contributed by atoms with Gasteiger partial charge in [-0.1, -0.05) is 17.9 Å². The number of H-pyrrole nitrogens is 1. The maximum atomic E-state index is 4.81. The molecule has 0 fully saturated rings. The Hall–Kier alpha value is -0.480. The average molecular weight is 158 g/mol. The molecule has 0 aliphatic carbocycles. The second-order valence-electron chi connectivity index (χ2n) is 1.70. The fourth-order valence-corrected chi connectivity index (χ4v) is 1.23. The van der Waals surface area contributed by atoms with Crippen LogP contribution in [-0.2, 0) is 0 Å². The van der Waals surface area contributed by atoms with Gasteiger partial charge in [-0.05, 0) is 24.7 Å². The fourth-order valence-electron chi connectivity index (χ4n) is 0.412. The Morgan fingerprint density at radius 1 is 1.89 bits per heavy atom. The molecule has 0 saturated heterocycles. The van der Waals surface area contributed by atoms with Gasteiger partial charge in [-0.3, -0.25) is 5.10 Å². The maximum absolute atomic E-state index is 4.81. The van der Waals surface area contributed by atoms with Gasteiger partial charge in [-0.15, -0.1) is 0 Å². The number of hydrogen-bond acceptors (Lipinski definition) is 3. The Morgan fingerprint density at radius 2 is 2.56 bits per heavy atom. The molecule has 0 unspecified atom stereocenters. The standard InChI is InChI=1S/C5H6N2S2/c1-3(2)4-6-7-5(8)9-4/h1H2,2H3,(H,7,8). The molecule has 1 rings (SSSR count). The summed E-state index contributed by atoms with van der Waals surface area (Å²) in [7, 11) is 0. The summed E-state index contributed by atoms with van der Waals surface area (Å²) in [5.74, 6) is 0. The van der Waals surface area contributed by atoms with E-state index in [0.717, 1.165) is 10.6 Å². The van der Waals surface area contributed by atoms with Gasteiger partial charge >= 0.3 is 0 Å². The van der Waals surface area contributed by atoms with Crippen LogP contribution in [0.2, 0.25) is 0 Å². The molecule has 0 atom stereocenters. The van der Waals surface area contributed by atoms with Crippen LogP contribution in [0.5, 0.6) is 0 Å². The molecular weight excluding hydrogens is 152 g/mol. The molecule has 1 aromatic heterocycles. The lowest BCUT2D eigenvalue weighted by Gasteiger charge is -1.83. The molecule has 0 aliphatic rings. The van der Waals surface area contributed by atoms with Crippen molar-refractivity contribution < 1.29 is 0 Å². The number of aromatic nitrogens is 2. The van der Waals surface area contributed by atoms with Crippen LogP contribution >= 0.6 is 23.6 Å². The Bertz CT molecular complexity index is 270. The molecule has 0 aromatic carbocycles. The van der Waals surface area contributed by atoms with Crippen LogP contribution < -0.4 is 0 Å². The van der Waals surface area contributed by atoms with Crippen molar-refractivity contribution in [2.45, 2.75) is 6.92 Å². The Morgan fingerprint density at radius 3 is 2.78 bits per heavy atom. The summed E-state index contributed by atoms with van der Waals surface area (Å²) in [4.78, 5) is 0. The van der Waals surface area contributed by atoms with Crippen LogP contribution in [0.4, 0.5) is 0 Å². The summed E-state index contributed by atoms with van der Waals surface area (Å²) in [6.07, 6.45) is 0. The minimum Gasteiger partial charge on any atom is -0.258 e. The molecule has 0 amide bonds. The van der Waals surface area contributed by atoms with Crippen molar-refractivity contribution >= 4 is 29.1 Å². The first-order valence-electron chi connectivity index (χ1n) is 2.41. The van der Waals surface area contributed by atoms with Gasteiger partial charge in [-0.2, -0.15) is 5.10 Å². The molecule has 2 nitrogen and oxygen atoms in total. The second kappa shape index (κ2) is 2.41. The van der Waals surface area contributed by atoms with Gasteiger partial charge in [-0.25, -0.2) is 0 Å². The molecule has 9 heavy (non-hydrogen) atoms. The van der Waals surface area contributed by atoms with E-state index in [9.17, 15) is 0 Å². The van der Waals surface area contributed by atoms with Crippen LogP contribution in [0.25, 0.3) is 5.57 Å². The zero-order chi connectivity index (χ0) is 6.85. The number of rotatable bonds is 1. The lowest BCUT2D eigenvalue weighted by molar-refractivity contribution is 1.06. The van der Waals surface area contributed by atoms with Crippen molar-refractivity contribution in [1.29, 1.82) is 0 Å². The number of nitrogens with one attached hydrogen (secondary N) is 1. The van der Waals surface area contributed by atoms with E-state index < -0.39 is 0 Å². The van der Waals surface area contributed by atoms with E-state index in [4.69, 9.17) is 12.2 Å². The third-order valence-electron chi connectivity index (χ3n) is 0.803. The van der Waals surface area contributed by atoms with Crippen molar-refractivity contribution in [1.82, 2.24) is 10.2 Å². The fraction of sp³-hybridized carbons (Fsp3) is 0.200. The molecule has 0 bridgehead atoms. The highest BCUT2D eigenvalue weighted by molar-refractivity contribution is 7.73. The molecule has 0 aliphatic heterocycles. The van der Waals surface area contributed by atoms with E-state index in [-0.39, 0.29) is 0 Å². The molecule has 1 heterocycles. The molecule has 1 N–H and O–H groups in total. The smallest absolute Gasteiger partial charge is 0.176 e. The highest BCUT2D eigenvalue weighted by Gasteiger charge is 1.94. The number of allylic oxidation sites excluding steroid dienone is 1. The van der Waals surface area contributed by atoms with Gasteiger partial charge in [0.25, 0.3) is 0 Å². The highest BCUT2D eigenvalue weighted by atomic mass is 32.1. The topological polar surface area (TPSA) is 28.7 Å². The molecule has 0 spiro atoms. The lowest BCUT2D eigenvalue weighted by atomic mass is 10.4. The summed E-state index contributed by atoms with van der Waals surface area (Å²) in [6, 6.07) is 0. The van der Waals surface area contributed by atoms with Crippen LogP contribution in [-0.4, -0.2) is 10.2 Å². The Kier molecular flexibility index (Phi) is 1.78. The minimum atomic E-state index is 0.702. The quantitative estimate of drug-likeness (QED) is 0.635. The Balaban J connectivity index is 3.12. The van der Waals surface area contributed by atoms with Gasteiger partial charge in [0.2, 0.25) is 0 Å². The number of hydrogen-bond donors (Lipinski definition) is 1. The van der Waals surface area contributed by atoms with Crippen molar-refractivity contribution in [3.8, 4) is 0 Å². The lowest BCUT2D eigenvalue weighted by Crippen LogP contribution is -1.73. The first-order valence-corrected chi connectivity index (χ1v) is 3.64. The van der Waals surface area contributed by atoms with Crippen LogP contribution in [0.1, 0.15) is 11.9 Å². The third kappa shape index (κ3) is 1.46. The highest BCUT2D eigenvalue weighted by Crippen LogP contribution is 2.12. The third-order valence-corrected chi connectivity index (χ3v) is 2.05. The van der Waals surface area contributed by atoms with Gasteiger partial charge in [0.1, 0.15) is 5.01 Å². The van der Waals surface area contributed by atoms with E-state index in [1.54, 1.807) is 0 Å². The summed E-state index contributed by atoms with van der Waals surface area (Å²) >= 11 is 6.26. The molecular formula is C5H6N2S2. The van der Waals surface area contributed by atoms with E-state index in [2.05, 4.69) is 16.8 Å². The minimum absolute atomic E-state index is 0.702.